The zero-order chi connectivity index (χ0) is 27.4. The van der Waals surface area contributed by atoms with Gasteiger partial charge in [0.2, 0.25) is 11.9 Å². The van der Waals surface area contributed by atoms with Gasteiger partial charge in [0.15, 0.2) is 0 Å². The van der Waals surface area contributed by atoms with Gasteiger partial charge in [-0.1, -0.05) is 12.1 Å². The number of rotatable bonds is 2. The van der Waals surface area contributed by atoms with Crippen molar-refractivity contribution in [2.45, 2.75) is 46.3 Å². The Bertz CT molecular complexity index is 1250. The maximum absolute atomic E-state index is 13.4. The number of pyridine rings is 1. The van der Waals surface area contributed by atoms with Gasteiger partial charge in [0.25, 0.3) is 0 Å². The van der Waals surface area contributed by atoms with Crippen LogP contribution in [-0.2, 0) is 11.3 Å². The number of aromatic nitrogens is 3. The Morgan fingerprint density at radius 2 is 1.51 bits per heavy atom. The first kappa shape index (κ1) is 27.0. The van der Waals surface area contributed by atoms with E-state index in [2.05, 4.69) is 77.0 Å². The van der Waals surface area contributed by atoms with Crippen molar-refractivity contribution < 1.29 is 4.79 Å². The van der Waals surface area contributed by atoms with E-state index < -0.39 is 0 Å². The van der Waals surface area contributed by atoms with Crippen LogP contribution in [-0.4, -0.2) is 93.5 Å². The Morgan fingerprint density at radius 3 is 2.21 bits per heavy atom. The molecule has 8 rings (SSSR count). The predicted octanol–water partition coefficient (Wildman–Crippen LogP) is 3.87. The lowest BCUT2D eigenvalue weighted by Crippen LogP contribution is -2.52. The van der Waals surface area contributed by atoms with E-state index in [1.54, 1.807) is 6.20 Å². The summed E-state index contributed by atoms with van der Waals surface area (Å²) in [7, 11) is 0. The largest absolute Gasteiger partial charge is 0.352 e. The zero-order valence-corrected chi connectivity index (χ0v) is 23.5. The van der Waals surface area contributed by atoms with Crippen molar-refractivity contribution in [1.29, 1.82) is 0 Å². The molecule has 1 N–H and O–H groups in total. The molecule has 1 saturated heterocycles. The van der Waals surface area contributed by atoms with Crippen LogP contribution in [0.15, 0.2) is 54.9 Å². The first-order valence-electron chi connectivity index (χ1n) is 14.0. The second-order valence-electron chi connectivity index (χ2n) is 11.0. The molecule has 9 heteroatoms. The molecule has 0 saturated carbocycles. The number of anilines is 3. The van der Waals surface area contributed by atoms with E-state index in [0.717, 1.165) is 62.0 Å². The predicted molar refractivity (Wildman–Crippen MR) is 156 cm³/mol. The van der Waals surface area contributed by atoms with Crippen LogP contribution < -0.4 is 10.2 Å². The molecule has 9 nitrogen and oxygen atoms in total. The standard InChI is InChI=1S/C30H40N8O/c1-22(2)37-16-17-38(23(3)4)29(39)21-36-14-12-35(13-15-36)20-24-6-5-7-26(18-24)33-30-31-11-10-27(34-30)25-8-9-28(37)32-19-25/h5-11,18-19,22-23H,12-17,20-21H2,1-4H3,(H,31,33,34). The summed E-state index contributed by atoms with van der Waals surface area (Å²) in [5.74, 6) is 1.66. The summed E-state index contributed by atoms with van der Waals surface area (Å²) in [6.07, 6.45) is 3.64. The van der Waals surface area contributed by atoms with Gasteiger partial charge in [0.05, 0.1) is 12.2 Å². The molecule has 8 bridgehead atoms. The van der Waals surface area contributed by atoms with E-state index in [9.17, 15) is 4.79 Å². The van der Waals surface area contributed by atoms with Crippen molar-refractivity contribution >= 4 is 23.4 Å². The van der Waals surface area contributed by atoms with E-state index >= 15 is 0 Å². The molecule has 5 aliphatic heterocycles. The van der Waals surface area contributed by atoms with Crippen LogP contribution >= 0.6 is 0 Å². The maximum atomic E-state index is 13.4. The van der Waals surface area contributed by atoms with Crippen molar-refractivity contribution in [3.8, 4) is 11.3 Å². The van der Waals surface area contributed by atoms with Crippen molar-refractivity contribution in [1.82, 2.24) is 29.7 Å². The lowest BCUT2D eigenvalue weighted by Gasteiger charge is -2.37. The van der Waals surface area contributed by atoms with Gasteiger partial charge in [-0.2, -0.15) is 0 Å². The minimum Gasteiger partial charge on any atom is -0.352 e. The van der Waals surface area contributed by atoms with Crippen LogP contribution in [0.2, 0.25) is 0 Å². The molecule has 1 amide bonds. The van der Waals surface area contributed by atoms with Crippen LogP contribution in [0.5, 0.6) is 0 Å². The monoisotopic (exact) mass is 528 g/mol. The Labute approximate surface area is 231 Å². The van der Waals surface area contributed by atoms with Crippen molar-refractivity contribution in [3.05, 3.63) is 60.4 Å². The molecule has 3 aromatic rings. The Kier molecular flexibility index (Phi) is 8.38. The summed E-state index contributed by atoms with van der Waals surface area (Å²) in [5, 5.41) is 3.38. The molecule has 0 aliphatic carbocycles. The van der Waals surface area contributed by atoms with Gasteiger partial charge < -0.3 is 15.1 Å². The van der Waals surface area contributed by atoms with Crippen molar-refractivity contribution in [2.24, 2.45) is 0 Å². The minimum atomic E-state index is 0.140. The SMILES string of the molecule is CC(C)N1CCN(C(C)C)c2ccc(cn2)-c2ccnc(n2)Nc2cccc(c2)CN2CCN(CC2)CC1=O. The summed E-state index contributed by atoms with van der Waals surface area (Å²) >= 11 is 0. The number of nitrogens with one attached hydrogen (secondary N) is 1. The fourth-order valence-electron chi connectivity index (χ4n) is 5.33. The number of nitrogens with zero attached hydrogens (tertiary/aromatic N) is 7. The van der Waals surface area contributed by atoms with Crippen LogP contribution in [0.3, 0.4) is 0 Å². The summed E-state index contributed by atoms with van der Waals surface area (Å²) in [4.78, 5) is 36.4. The number of amides is 1. The second-order valence-corrected chi connectivity index (χ2v) is 11.0. The van der Waals surface area contributed by atoms with Gasteiger partial charge in [-0.3, -0.25) is 14.6 Å². The topological polar surface area (TPSA) is 80.7 Å². The molecular weight excluding hydrogens is 488 g/mol. The van der Waals surface area contributed by atoms with E-state index in [1.165, 1.54) is 5.56 Å². The van der Waals surface area contributed by atoms with Gasteiger partial charge in [-0.15, -0.1) is 0 Å². The average molecular weight is 529 g/mol. The molecule has 0 unspecified atom stereocenters. The number of benzene rings is 1. The van der Waals surface area contributed by atoms with Gasteiger partial charge in [0.1, 0.15) is 5.82 Å². The van der Waals surface area contributed by atoms with Gasteiger partial charge in [-0.25, -0.2) is 15.0 Å². The molecule has 1 fully saturated rings. The van der Waals surface area contributed by atoms with Crippen LogP contribution in [0.4, 0.5) is 17.5 Å². The van der Waals surface area contributed by atoms with Crippen molar-refractivity contribution in [2.75, 3.05) is 56.0 Å². The van der Waals surface area contributed by atoms with E-state index in [0.29, 0.717) is 19.0 Å². The quantitative estimate of drug-likeness (QED) is 0.537. The highest BCUT2D eigenvalue weighted by molar-refractivity contribution is 5.78. The summed E-state index contributed by atoms with van der Waals surface area (Å²) < 4.78 is 0. The Balaban J connectivity index is 1.46. The highest BCUT2D eigenvalue weighted by atomic mass is 16.2. The lowest BCUT2D eigenvalue weighted by molar-refractivity contribution is -0.134. The smallest absolute Gasteiger partial charge is 0.237 e. The summed E-state index contributed by atoms with van der Waals surface area (Å²) in [5.41, 5.74) is 3.95. The van der Waals surface area contributed by atoms with E-state index in [4.69, 9.17) is 9.97 Å². The molecule has 0 radical (unpaired) electrons. The highest BCUT2D eigenvalue weighted by Gasteiger charge is 2.24. The number of hydrogen-bond acceptors (Lipinski definition) is 8. The highest BCUT2D eigenvalue weighted by Crippen LogP contribution is 2.23. The number of carbonyl (C=O) groups excluding carboxylic acids is 1. The molecule has 5 aliphatic rings. The average Bonchev–Trinajstić information content (AvgIpc) is 2.92. The molecule has 206 valence electrons. The summed E-state index contributed by atoms with van der Waals surface area (Å²) in [6.45, 7) is 14.9. The molecule has 1 aromatic carbocycles. The molecular formula is C30H40N8O. The normalized spacial score (nSPS) is 20.6. The van der Waals surface area contributed by atoms with E-state index in [-0.39, 0.29) is 18.0 Å². The fraction of sp³-hybridized carbons (Fsp3) is 0.467. The van der Waals surface area contributed by atoms with E-state index in [1.807, 2.05) is 29.3 Å². The van der Waals surface area contributed by atoms with Crippen LogP contribution in [0.25, 0.3) is 11.3 Å². The van der Waals surface area contributed by atoms with Gasteiger partial charge in [-0.05, 0) is 63.6 Å². The van der Waals surface area contributed by atoms with Crippen molar-refractivity contribution in [3.63, 3.8) is 0 Å². The Morgan fingerprint density at radius 1 is 0.795 bits per heavy atom. The second kappa shape index (κ2) is 12.1. The lowest BCUT2D eigenvalue weighted by atomic mass is 10.1. The zero-order valence-electron chi connectivity index (χ0n) is 23.5. The maximum Gasteiger partial charge on any atom is 0.237 e. The van der Waals surface area contributed by atoms with Gasteiger partial charge in [0, 0.05) is 81.5 Å². The fourth-order valence-corrected chi connectivity index (χ4v) is 5.33. The van der Waals surface area contributed by atoms with Crippen LogP contribution in [0, 0.1) is 0 Å². The molecule has 0 atom stereocenters. The first-order chi connectivity index (χ1) is 18.9. The molecule has 2 aromatic heterocycles. The number of hydrogen-bond donors (Lipinski definition) is 1. The molecule has 7 heterocycles. The third kappa shape index (κ3) is 6.72. The third-order valence-electron chi connectivity index (χ3n) is 7.56. The molecule has 39 heavy (non-hydrogen) atoms. The van der Waals surface area contributed by atoms with Crippen LogP contribution in [0.1, 0.15) is 33.3 Å². The number of piperazine rings is 1. The first-order valence-corrected chi connectivity index (χ1v) is 14.0. The third-order valence-corrected chi connectivity index (χ3v) is 7.56. The Hall–Kier alpha value is -3.56. The molecule has 0 spiro atoms. The van der Waals surface area contributed by atoms with Gasteiger partial charge >= 0.3 is 0 Å². The minimum absolute atomic E-state index is 0.140. The number of carbonyl (C=O) groups is 1. The summed E-state index contributed by atoms with van der Waals surface area (Å²) in [6, 6.07) is 14.8.